The van der Waals surface area contributed by atoms with Crippen LogP contribution in [0.1, 0.15) is 26.7 Å². The highest BCUT2D eigenvalue weighted by Crippen LogP contribution is 2.08. The molecule has 0 aromatic carbocycles. The molecule has 0 bridgehead atoms. The SMILES string of the molecule is CCC(C)[C@H](NC(=O)C(N)CC(N)=O)C(=O)O. The maximum atomic E-state index is 11.5. The van der Waals surface area contributed by atoms with E-state index in [1.165, 1.54) is 0 Å². The summed E-state index contributed by atoms with van der Waals surface area (Å²) in [4.78, 5) is 33.0. The number of primary amides is 1. The molecule has 3 atom stereocenters. The van der Waals surface area contributed by atoms with Gasteiger partial charge in [0.05, 0.1) is 12.5 Å². The molecule has 0 rings (SSSR count). The third-order valence-electron chi connectivity index (χ3n) is 2.53. The van der Waals surface area contributed by atoms with Gasteiger partial charge in [-0.1, -0.05) is 20.3 Å². The molecule has 0 aliphatic heterocycles. The van der Waals surface area contributed by atoms with Gasteiger partial charge >= 0.3 is 5.97 Å². The first-order valence-corrected chi connectivity index (χ1v) is 5.36. The number of nitrogens with one attached hydrogen (secondary N) is 1. The minimum absolute atomic E-state index is 0.225. The zero-order valence-electron chi connectivity index (χ0n) is 9.97. The minimum Gasteiger partial charge on any atom is -0.480 e. The summed E-state index contributed by atoms with van der Waals surface area (Å²) in [6.45, 7) is 3.52. The number of carbonyl (C=O) groups excluding carboxylic acids is 2. The Kier molecular flexibility index (Phi) is 6.19. The summed E-state index contributed by atoms with van der Waals surface area (Å²) >= 11 is 0. The van der Waals surface area contributed by atoms with Crippen LogP contribution < -0.4 is 16.8 Å². The standard InChI is InChI=1S/C10H19N3O4/c1-3-5(2)8(10(16)17)13-9(15)6(11)4-7(12)14/h5-6,8H,3-4,11H2,1-2H3,(H2,12,14)(H,13,15)(H,16,17)/t5?,6?,8-/m0/s1. The van der Waals surface area contributed by atoms with Crippen molar-refractivity contribution in [1.29, 1.82) is 0 Å². The van der Waals surface area contributed by atoms with E-state index in [0.717, 1.165) is 0 Å². The first-order chi connectivity index (χ1) is 7.79. The van der Waals surface area contributed by atoms with Crippen LogP contribution >= 0.6 is 0 Å². The third-order valence-corrected chi connectivity index (χ3v) is 2.53. The van der Waals surface area contributed by atoms with Gasteiger partial charge in [-0.2, -0.15) is 0 Å². The zero-order valence-corrected chi connectivity index (χ0v) is 9.97. The molecular formula is C10H19N3O4. The molecule has 2 unspecified atom stereocenters. The van der Waals surface area contributed by atoms with Gasteiger partial charge in [-0.3, -0.25) is 9.59 Å². The highest BCUT2D eigenvalue weighted by Gasteiger charge is 2.27. The summed E-state index contributed by atoms with van der Waals surface area (Å²) in [5.74, 6) is -2.74. The molecule has 0 radical (unpaired) electrons. The van der Waals surface area contributed by atoms with Crippen molar-refractivity contribution in [3.8, 4) is 0 Å². The smallest absolute Gasteiger partial charge is 0.326 e. The largest absolute Gasteiger partial charge is 0.480 e. The van der Waals surface area contributed by atoms with Crippen molar-refractivity contribution in [3.05, 3.63) is 0 Å². The summed E-state index contributed by atoms with van der Waals surface area (Å²) in [5.41, 5.74) is 10.3. The number of carbonyl (C=O) groups is 3. The first-order valence-electron chi connectivity index (χ1n) is 5.36. The molecule has 7 heteroatoms. The molecule has 0 saturated heterocycles. The van der Waals surface area contributed by atoms with Gasteiger partial charge in [0.25, 0.3) is 0 Å². The number of aliphatic carboxylic acids is 1. The molecule has 98 valence electrons. The lowest BCUT2D eigenvalue weighted by atomic mass is 9.99. The van der Waals surface area contributed by atoms with E-state index < -0.39 is 29.9 Å². The Hall–Kier alpha value is -1.63. The van der Waals surface area contributed by atoms with Gasteiger partial charge in [-0.25, -0.2) is 4.79 Å². The number of hydrogen-bond acceptors (Lipinski definition) is 4. The Bertz CT molecular complexity index is 306. The Morgan fingerprint density at radius 2 is 1.88 bits per heavy atom. The number of carboxylic acid groups (broad SMARTS) is 1. The second kappa shape index (κ2) is 6.85. The second-order valence-corrected chi connectivity index (χ2v) is 3.99. The monoisotopic (exact) mass is 245 g/mol. The number of hydrogen-bond donors (Lipinski definition) is 4. The molecule has 0 aromatic heterocycles. The summed E-state index contributed by atoms with van der Waals surface area (Å²) in [5, 5.41) is 11.2. The van der Waals surface area contributed by atoms with Crippen LogP contribution in [-0.4, -0.2) is 35.0 Å². The van der Waals surface area contributed by atoms with Crippen LogP contribution in [0, 0.1) is 5.92 Å². The molecule has 0 aliphatic carbocycles. The van der Waals surface area contributed by atoms with Crippen LogP contribution in [0.15, 0.2) is 0 Å². The lowest BCUT2D eigenvalue weighted by molar-refractivity contribution is -0.143. The predicted octanol–water partition coefficient (Wildman–Crippen LogP) is -1.20. The number of rotatable bonds is 7. The van der Waals surface area contributed by atoms with Crippen molar-refractivity contribution in [1.82, 2.24) is 5.32 Å². The normalized spacial score (nSPS) is 15.7. The topological polar surface area (TPSA) is 136 Å². The maximum absolute atomic E-state index is 11.5. The van der Waals surface area contributed by atoms with E-state index in [1.54, 1.807) is 6.92 Å². The lowest BCUT2D eigenvalue weighted by Gasteiger charge is -2.21. The predicted molar refractivity (Wildman–Crippen MR) is 60.8 cm³/mol. The third kappa shape index (κ3) is 5.30. The van der Waals surface area contributed by atoms with E-state index in [4.69, 9.17) is 16.6 Å². The minimum atomic E-state index is -1.13. The van der Waals surface area contributed by atoms with Crippen LogP contribution in [0.5, 0.6) is 0 Å². The number of carboxylic acids is 1. The van der Waals surface area contributed by atoms with Gasteiger partial charge in [0.2, 0.25) is 11.8 Å². The molecule has 0 saturated carbocycles. The molecule has 0 heterocycles. The van der Waals surface area contributed by atoms with Gasteiger partial charge in [-0.15, -0.1) is 0 Å². The summed E-state index contributed by atoms with van der Waals surface area (Å²) < 4.78 is 0. The molecule has 2 amide bonds. The molecule has 0 spiro atoms. The highest BCUT2D eigenvalue weighted by atomic mass is 16.4. The van der Waals surface area contributed by atoms with E-state index in [-0.39, 0.29) is 12.3 Å². The van der Waals surface area contributed by atoms with Crippen molar-refractivity contribution >= 4 is 17.8 Å². The first kappa shape index (κ1) is 15.4. The summed E-state index contributed by atoms with van der Waals surface area (Å²) in [6.07, 6.45) is 0.293. The molecule has 6 N–H and O–H groups in total. The van der Waals surface area contributed by atoms with Crippen LogP contribution in [0.2, 0.25) is 0 Å². The molecule has 0 aliphatic rings. The highest BCUT2D eigenvalue weighted by molar-refractivity contribution is 5.90. The van der Waals surface area contributed by atoms with Crippen molar-refractivity contribution in [2.24, 2.45) is 17.4 Å². The van der Waals surface area contributed by atoms with Crippen molar-refractivity contribution in [2.75, 3.05) is 0 Å². The van der Waals surface area contributed by atoms with Crippen molar-refractivity contribution < 1.29 is 19.5 Å². The fourth-order valence-electron chi connectivity index (χ4n) is 1.25. The summed E-state index contributed by atoms with van der Waals surface area (Å²) in [6, 6.07) is -2.12. The zero-order chi connectivity index (χ0) is 13.6. The molecule has 0 fully saturated rings. The van der Waals surface area contributed by atoms with Gasteiger partial charge in [0.15, 0.2) is 0 Å². The van der Waals surface area contributed by atoms with Crippen molar-refractivity contribution in [2.45, 2.75) is 38.8 Å². The van der Waals surface area contributed by atoms with Gasteiger partial charge < -0.3 is 21.9 Å². The maximum Gasteiger partial charge on any atom is 0.326 e. The van der Waals surface area contributed by atoms with Gasteiger partial charge in [0, 0.05) is 0 Å². The van der Waals surface area contributed by atoms with Gasteiger partial charge in [0.1, 0.15) is 6.04 Å². The number of nitrogens with two attached hydrogens (primary N) is 2. The average Bonchev–Trinajstić information content (AvgIpc) is 2.22. The molecule has 0 aromatic rings. The van der Waals surface area contributed by atoms with Crippen LogP contribution in [-0.2, 0) is 14.4 Å². The Labute approximate surface area is 99.5 Å². The van der Waals surface area contributed by atoms with Crippen LogP contribution in [0.4, 0.5) is 0 Å². The molecular weight excluding hydrogens is 226 g/mol. The number of amides is 2. The Balaban J connectivity index is 4.50. The van der Waals surface area contributed by atoms with E-state index >= 15 is 0 Å². The quantitative estimate of drug-likeness (QED) is 0.447. The van der Waals surface area contributed by atoms with E-state index in [0.29, 0.717) is 6.42 Å². The molecule has 17 heavy (non-hydrogen) atoms. The lowest BCUT2D eigenvalue weighted by Crippen LogP contribution is -2.51. The van der Waals surface area contributed by atoms with E-state index in [2.05, 4.69) is 5.32 Å². The van der Waals surface area contributed by atoms with E-state index in [1.807, 2.05) is 6.92 Å². The second-order valence-electron chi connectivity index (χ2n) is 3.99. The molecule has 7 nitrogen and oxygen atoms in total. The average molecular weight is 245 g/mol. The summed E-state index contributed by atoms with van der Waals surface area (Å²) in [7, 11) is 0. The Morgan fingerprint density at radius 1 is 1.35 bits per heavy atom. The van der Waals surface area contributed by atoms with Crippen LogP contribution in [0.25, 0.3) is 0 Å². The fraction of sp³-hybridized carbons (Fsp3) is 0.700. The van der Waals surface area contributed by atoms with E-state index in [9.17, 15) is 14.4 Å². The Morgan fingerprint density at radius 3 is 2.24 bits per heavy atom. The van der Waals surface area contributed by atoms with Crippen molar-refractivity contribution in [3.63, 3.8) is 0 Å². The fourth-order valence-corrected chi connectivity index (χ4v) is 1.25. The van der Waals surface area contributed by atoms with Crippen LogP contribution in [0.3, 0.4) is 0 Å². The van der Waals surface area contributed by atoms with Gasteiger partial charge in [-0.05, 0) is 5.92 Å².